The maximum atomic E-state index is 12.2. The van der Waals surface area contributed by atoms with Crippen LogP contribution in [0, 0.1) is 0 Å². The molecule has 0 aliphatic carbocycles. The second-order valence-electron chi connectivity index (χ2n) is 7.98. The van der Waals surface area contributed by atoms with Crippen molar-refractivity contribution in [2.45, 2.75) is 45.6 Å². The molecule has 0 unspecified atom stereocenters. The Morgan fingerprint density at radius 1 is 0.903 bits per heavy atom. The standard InChI is InChI=1S/C23H28ClN3O4/c1-23(2,3)31-22(30)25-14-13-21(29)27-19-6-4-5-18(15-19)26-20(28)12-9-16-7-10-17(24)11-8-16/h4-8,10-11,15H,9,12-14H2,1-3H3,(H,25,30)(H,26,28)(H,27,29). The van der Waals surface area contributed by atoms with Gasteiger partial charge >= 0.3 is 6.09 Å². The summed E-state index contributed by atoms with van der Waals surface area (Å²) in [4.78, 5) is 35.9. The van der Waals surface area contributed by atoms with E-state index in [1.165, 1.54) is 0 Å². The van der Waals surface area contributed by atoms with Crippen molar-refractivity contribution < 1.29 is 19.1 Å². The third kappa shape index (κ3) is 10.00. The van der Waals surface area contributed by atoms with Crippen molar-refractivity contribution >= 4 is 40.9 Å². The fourth-order valence-electron chi connectivity index (χ4n) is 2.62. The van der Waals surface area contributed by atoms with E-state index in [2.05, 4.69) is 16.0 Å². The third-order valence-electron chi connectivity index (χ3n) is 4.00. The van der Waals surface area contributed by atoms with Crippen LogP contribution in [0.4, 0.5) is 16.2 Å². The Labute approximate surface area is 187 Å². The van der Waals surface area contributed by atoms with E-state index in [0.29, 0.717) is 29.2 Å². The van der Waals surface area contributed by atoms with Crippen LogP contribution in [0.25, 0.3) is 0 Å². The summed E-state index contributed by atoms with van der Waals surface area (Å²) < 4.78 is 5.12. The molecule has 8 heteroatoms. The van der Waals surface area contributed by atoms with Crippen molar-refractivity contribution in [3.05, 3.63) is 59.1 Å². The lowest BCUT2D eigenvalue weighted by Crippen LogP contribution is -2.34. The van der Waals surface area contributed by atoms with Crippen molar-refractivity contribution in [1.29, 1.82) is 0 Å². The molecule has 166 valence electrons. The molecule has 7 nitrogen and oxygen atoms in total. The van der Waals surface area contributed by atoms with Gasteiger partial charge in [0, 0.05) is 35.8 Å². The van der Waals surface area contributed by atoms with E-state index in [0.717, 1.165) is 5.56 Å². The molecule has 2 aromatic rings. The fraction of sp³-hybridized carbons (Fsp3) is 0.348. The molecule has 0 aliphatic heterocycles. The van der Waals surface area contributed by atoms with E-state index in [1.54, 1.807) is 57.2 Å². The molecule has 0 fully saturated rings. The second-order valence-corrected chi connectivity index (χ2v) is 8.42. The molecule has 3 amide bonds. The smallest absolute Gasteiger partial charge is 0.407 e. The number of halogens is 1. The van der Waals surface area contributed by atoms with Gasteiger partial charge in [-0.3, -0.25) is 9.59 Å². The van der Waals surface area contributed by atoms with Crippen molar-refractivity contribution in [3.8, 4) is 0 Å². The Kier molecular flexibility index (Phi) is 8.88. The normalized spacial score (nSPS) is 10.8. The van der Waals surface area contributed by atoms with Crippen LogP contribution < -0.4 is 16.0 Å². The summed E-state index contributed by atoms with van der Waals surface area (Å²) in [5.74, 6) is -0.387. The minimum absolute atomic E-state index is 0.0942. The number of aryl methyl sites for hydroxylation is 1. The van der Waals surface area contributed by atoms with E-state index in [9.17, 15) is 14.4 Å². The lowest BCUT2D eigenvalue weighted by molar-refractivity contribution is -0.116. The van der Waals surface area contributed by atoms with Crippen LogP contribution in [0.3, 0.4) is 0 Å². The van der Waals surface area contributed by atoms with Gasteiger partial charge in [0.25, 0.3) is 0 Å². The van der Waals surface area contributed by atoms with Crippen LogP contribution in [-0.4, -0.2) is 30.1 Å². The number of rotatable bonds is 8. The number of nitrogens with one attached hydrogen (secondary N) is 3. The third-order valence-corrected chi connectivity index (χ3v) is 4.26. The SMILES string of the molecule is CC(C)(C)OC(=O)NCCC(=O)Nc1cccc(NC(=O)CCc2ccc(Cl)cc2)c1. The molecule has 0 aliphatic rings. The summed E-state index contributed by atoms with van der Waals surface area (Å²) in [5.41, 5.74) is 1.58. The molecular weight excluding hydrogens is 418 g/mol. The molecule has 0 bridgehead atoms. The average molecular weight is 446 g/mol. The van der Waals surface area contributed by atoms with Gasteiger partial charge in [0.1, 0.15) is 5.60 Å². The number of carbonyl (C=O) groups is 3. The lowest BCUT2D eigenvalue weighted by Gasteiger charge is -2.19. The molecule has 0 radical (unpaired) electrons. The zero-order chi connectivity index (χ0) is 22.9. The Bertz CT molecular complexity index is 908. The van der Waals surface area contributed by atoms with Gasteiger partial charge in [-0.2, -0.15) is 0 Å². The first-order chi connectivity index (χ1) is 14.6. The molecule has 2 aromatic carbocycles. The molecular formula is C23H28ClN3O4. The summed E-state index contributed by atoms with van der Waals surface area (Å²) in [6.45, 7) is 5.45. The predicted octanol–water partition coefficient (Wildman–Crippen LogP) is 4.76. The number of ether oxygens (including phenoxy) is 1. The summed E-state index contributed by atoms with van der Waals surface area (Å²) in [6, 6.07) is 14.3. The monoisotopic (exact) mass is 445 g/mol. The molecule has 0 atom stereocenters. The van der Waals surface area contributed by atoms with Crippen molar-refractivity contribution in [1.82, 2.24) is 5.32 Å². The highest BCUT2D eigenvalue weighted by molar-refractivity contribution is 6.30. The molecule has 0 aromatic heterocycles. The minimum atomic E-state index is -0.591. The highest BCUT2D eigenvalue weighted by Gasteiger charge is 2.16. The van der Waals surface area contributed by atoms with E-state index in [1.807, 2.05) is 12.1 Å². The quantitative estimate of drug-likeness (QED) is 0.545. The van der Waals surface area contributed by atoms with Crippen LogP contribution in [0.2, 0.25) is 5.02 Å². The summed E-state index contributed by atoms with van der Waals surface area (Å²) in [7, 11) is 0. The topological polar surface area (TPSA) is 96.5 Å². The first-order valence-electron chi connectivity index (χ1n) is 10.0. The number of alkyl carbamates (subject to hydrolysis) is 1. The summed E-state index contributed by atoms with van der Waals surface area (Å²) in [5, 5.41) is 8.77. The van der Waals surface area contributed by atoms with Crippen molar-refractivity contribution in [2.24, 2.45) is 0 Å². The van der Waals surface area contributed by atoms with Crippen LogP contribution in [0.5, 0.6) is 0 Å². The number of carbonyl (C=O) groups excluding carboxylic acids is 3. The molecule has 0 heterocycles. The van der Waals surface area contributed by atoms with E-state index >= 15 is 0 Å². The van der Waals surface area contributed by atoms with E-state index < -0.39 is 11.7 Å². The fourth-order valence-corrected chi connectivity index (χ4v) is 2.75. The number of amides is 3. The zero-order valence-electron chi connectivity index (χ0n) is 18.0. The van der Waals surface area contributed by atoms with Gasteiger partial charge in [-0.1, -0.05) is 29.8 Å². The van der Waals surface area contributed by atoms with Crippen LogP contribution in [0.1, 0.15) is 39.2 Å². The second kappa shape index (κ2) is 11.4. The Morgan fingerprint density at radius 2 is 1.48 bits per heavy atom. The number of benzene rings is 2. The van der Waals surface area contributed by atoms with Crippen LogP contribution >= 0.6 is 11.6 Å². The van der Waals surface area contributed by atoms with Gasteiger partial charge in [-0.15, -0.1) is 0 Å². The Hall–Kier alpha value is -3.06. The largest absolute Gasteiger partial charge is 0.444 e. The first kappa shape index (κ1) is 24.2. The number of hydrogen-bond acceptors (Lipinski definition) is 4. The summed E-state index contributed by atoms with van der Waals surface area (Å²) >= 11 is 5.86. The van der Waals surface area contributed by atoms with E-state index in [-0.39, 0.29) is 24.8 Å². The zero-order valence-corrected chi connectivity index (χ0v) is 18.7. The average Bonchev–Trinajstić information content (AvgIpc) is 2.66. The van der Waals surface area contributed by atoms with Gasteiger partial charge in [-0.05, 0) is 63.1 Å². The van der Waals surface area contributed by atoms with Crippen LogP contribution in [0.15, 0.2) is 48.5 Å². The van der Waals surface area contributed by atoms with Gasteiger partial charge in [-0.25, -0.2) is 4.79 Å². The van der Waals surface area contributed by atoms with Crippen molar-refractivity contribution in [2.75, 3.05) is 17.2 Å². The van der Waals surface area contributed by atoms with Gasteiger partial charge in [0.05, 0.1) is 0 Å². The minimum Gasteiger partial charge on any atom is -0.444 e. The van der Waals surface area contributed by atoms with Crippen molar-refractivity contribution in [3.63, 3.8) is 0 Å². The highest BCUT2D eigenvalue weighted by Crippen LogP contribution is 2.16. The molecule has 2 rings (SSSR count). The molecule has 0 saturated carbocycles. The lowest BCUT2D eigenvalue weighted by atomic mass is 10.1. The Balaban J connectivity index is 1.76. The van der Waals surface area contributed by atoms with E-state index in [4.69, 9.17) is 16.3 Å². The molecule has 31 heavy (non-hydrogen) atoms. The maximum Gasteiger partial charge on any atom is 0.407 e. The summed E-state index contributed by atoms with van der Waals surface area (Å²) in [6.07, 6.45) is 0.457. The highest BCUT2D eigenvalue weighted by atomic mass is 35.5. The van der Waals surface area contributed by atoms with Crippen LogP contribution in [-0.2, 0) is 20.7 Å². The van der Waals surface area contributed by atoms with Gasteiger partial charge < -0.3 is 20.7 Å². The maximum absolute atomic E-state index is 12.2. The van der Waals surface area contributed by atoms with Gasteiger partial charge in [0.15, 0.2) is 0 Å². The molecule has 0 saturated heterocycles. The first-order valence-corrected chi connectivity index (χ1v) is 10.4. The number of anilines is 2. The predicted molar refractivity (Wildman–Crippen MR) is 122 cm³/mol. The van der Waals surface area contributed by atoms with Gasteiger partial charge in [0.2, 0.25) is 11.8 Å². The Morgan fingerprint density at radius 3 is 2.06 bits per heavy atom. The molecule has 0 spiro atoms. The number of hydrogen-bond donors (Lipinski definition) is 3. The molecule has 3 N–H and O–H groups in total.